The van der Waals surface area contributed by atoms with Gasteiger partial charge in [0, 0.05) is 23.9 Å². The Morgan fingerprint density at radius 1 is 1.50 bits per heavy atom. The van der Waals surface area contributed by atoms with Crippen LogP contribution in [0.3, 0.4) is 0 Å². The molecule has 2 aliphatic heterocycles. The van der Waals surface area contributed by atoms with Gasteiger partial charge in [-0.2, -0.15) is 0 Å². The van der Waals surface area contributed by atoms with Gasteiger partial charge < -0.3 is 11.1 Å². The maximum atomic E-state index is 5.97. The van der Waals surface area contributed by atoms with Crippen molar-refractivity contribution in [2.75, 3.05) is 0 Å². The summed E-state index contributed by atoms with van der Waals surface area (Å²) in [4.78, 5) is 0. The number of nitrogens with one attached hydrogen (secondary N) is 1. The zero-order valence-electron chi connectivity index (χ0n) is 7.56. The molecule has 0 aromatic rings. The lowest BCUT2D eigenvalue weighted by molar-refractivity contribution is 0.692. The number of allylic oxidation sites excluding steroid dienone is 2. The van der Waals surface area contributed by atoms with Crippen molar-refractivity contribution in [1.29, 1.82) is 0 Å². The Labute approximate surface area is 73.5 Å². The molecule has 0 spiro atoms. The molecule has 2 nitrogen and oxygen atoms in total. The smallest absolute Gasteiger partial charge is 0.0462 e. The molecular weight excluding hydrogens is 148 g/mol. The third kappa shape index (κ3) is 1.22. The van der Waals surface area contributed by atoms with Gasteiger partial charge >= 0.3 is 0 Å². The van der Waals surface area contributed by atoms with Crippen LogP contribution in [0.1, 0.15) is 32.6 Å². The predicted molar refractivity (Wildman–Crippen MR) is 50.4 cm³/mol. The minimum Gasteiger partial charge on any atom is -0.402 e. The maximum absolute atomic E-state index is 5.97. The van der Waals surface area contributed by atoms with E-state index in [0.717, 1.165) is 12.1 Å². The fourth-order valence-corrected chi connectivity index (χ4v) is 2.09. The van der Waals surface area contributed by atoms with Gasteiger partial charge in [-0.3, -0.25) is 0 Å². The average molecular weight is 164 g/mol. The first-order chi connectivity index (χ1) is 5.77. The Kier molecular flexibility index (Phi) is 1.83. The van der Waals surface area contributed by atoms with Gasteiger partial charge in [0.05, 0.1) is 0 Å². The van der Waals surface area contributed by atoms with Gasteiger partial charge in [0.25, 0.3) is 0 Å². The lowest BCUT2D eigenvalue weighted by atomic mass is 9.99. The molecule has 12 heavy (non-hydrogen) atoms. The van der Waals surface area contributed by atoms with Crippen molar-refractivity contribution in [3.05, 3.63) is 23.0 Å². The van der Waals surface area contributed by atoms with Crippen molar-refractivity contribution in [3.8, 4) is 0 Å². The summed E-state index contributed by atoms with van der Waals surface area (Å²) in [6, 6.07) is 0.459. The molecule has 3 N–H and O–H groups in total. The number of nitrogens with two attached hydrogens (primary N) is 1. The third-order valence-corrected chi connectivity index (χ3v) is 2.80. The molecule has 2 bridgehead atoms. The molecule has 1 atom stereocenters. The van der Waals surface area contributed by atoms with Crippen LogP contribution in [0, 0.1) is 0 Å². The van der Waals surface area contributed by atoms with E-state index < -0.39 is 0 Å². The quantitative estimate of drug-likeness (QED) is 0.571. The van der Waals surface area contributed by atoms with Crippen LogP contribution in [0.4, 0.5) is 0 Å². The van der Waals surface area contributed by atoms with E-state index in [-0.39, 0.29) is 0 Å². The summed E-state index contributed by atoms with van der Waals surface area (Å²) in [5.41, 5.74) is 9.88. The van der Waals surface area contributed by atoms with Gasteiger partial charge in [-0.25, -0.2) is 0 Å². The molecular formula is C10H16N2. The van der Waals surface area contributed by atoms with Gasteiger partial charge in [0.1, 0.15) is 0 Å². The van der Waals surface area contributed by atoms with Gasteiger partial charge in [-0.15, -0.1) is 0 Å². The number of hydrogen-bond donors (Lipinski definition) is 2. The van der Waals surface area contributed by atoms with Gasteiger partial charge in [0.15, 0.2) is 0 Å². The van der Waals surface area contributed by atoms with E-state index in [9.17, 15) is 0 Å². The highest BCUT2D eigenvalue weighted by Gasteiger charge is 2.19. The van der Waals surface area contributed by atoms with E-state index in [1.54, 1.807) is 0 Å². The average Bonchev–Trinajstić information content (AvgIpc) is 2.26. The fraction of sp³-hybridized carbons (Fsp3) is 0.600. The minimum absolute atomic E-state index is 0.459. The highest BCUT2D eigenvalue weighted by atomic mass is 14.9. The third-order valence-electron chi connectivity index (χ3n) is 2.80. The standard InChI is InChI=1S/C10H16N2/c1-7-9-4-2-3-8(12-7)5-6-10(9)11/h5,7,12H,2-4,6,11H2,1H3. The van der Waals surface area contributed by atoms with Crippen LogP contribution >= 0.6 is 0 Å². The van der Waals surface area contributed by atoms with Gasteiger partial charge in [-0.05, 0) is 31.8 Å². The van der Waals surface area contributed by atoms with E-state index in [2.05, 4.69) is 18.3 Å². The molecule has 0 aliphatic carbocycles. The first-order valence-corrected chi connectivity index (χ1v) is 4.70. The van der Waals surface area contributed by atoms with Crippen LogP contribution in [0.15, 0.2) is 23.0 Å². The van der Waals surface area contributed by atoms with Crippen LogP contribution in [-0.2, 0) is 0 Å². The molecule has 0 amide bonds. The molecule has 2 aliphatic rings. The van der Waals surface area contributed by atoms with Crippen LogP contribution in [-0.4, -0.2) is 6.04 Å². The summed E-state index contributed by atoms with van der Waals surface area (Å²) in [5, 5.41) is 3.49. The Morgan fingerprint density at radius 2 is 2.33 bits per heavy atom. The van der Waals surface area contributed by atoms with Crippen molar-refractivity contribution >= 4 is 0 Å². The number of fused-ring (bicyclic) bond motifs is 3. The summed E-state index contributed by atoms with van der Waals surface area (Å²) in [5.74, 6) is 0. The van der Waals surface area contributed by atoms with E-state index in [4.69, 9.17) is 5.73 Å². The molecule has 0 radical (unpaired) electrons. The van der Waals surface area contributed by atoms with Crippen molar-refractivity contribution in [2.24, 2.45) is 5.73 Å². The van der Waals surface area contributed by atoms with E-state index in [1.165, 1.54) is 30.5 Å². The summed E-state index contributed by atoms with van der Waals surface area (Å²) in [6.45, 7) is 2.20. The fourth-order valence-electron chi connectivity index (χ4n) is 2.09. The molecule has 1 saturated heterocycles. The summed E-state index contributed by atoms with van der Waals surface area (Å²) in [7, 11) is 0. The second kappa shape index (κ2) is 2.85. The topological polar surface area (TPSA) is 38.0 Å². The molecule has 1 fully saturated rings. The lowest BCUT2D eigenvalue weighted by Crippen LogP contribution is -2.25. The van der Waals surface area contributed by atoms with E-state index >= 15 is 0 Å². The van der Waals surface area contributed by atoms with Crippen LogP contribution in [0.5, 0.6) is 0 Å². The Bertz CT molecular complexity index is 251. The van der Waals surface area contributed by atoms with Gasteiger partial charge in [0.2, 0.25) is 0 Å². The second-order valence-electron chi connectivity index (χ2n) is 3.70. The largest absolute Gasteiger partial charge is 0.402 e. The Balaban J connectivity index is 2.37. The Hall–Kier alpha value is -0.920. The predicted octanol–water partition coefficient (Wildman–Crippen LogP) is 1.65. The highest BCUT2D eigenvalue weighted by Crippen LogP contribution is 2.26. The van der Waals surface area contributed by atoms with Crippen molar-refractivity contribution < 1.29 is 0 Å². The lowest BCUT2D eigenvalue weighted by Gasteiger charge is -2.15. The second-order valence-corrected chi connectivity index (χ2v) is 3.70. The molecule has 66 valence electrons. The molecule has 2 rings (SSSR count). The monoisotopic (exact) mass is 164 g/mol. The molecule has 2 heteroatoms. The number of rotatable bonds is 0. The van der Waals surface area contributed by atoms with Crippen molar-refractivity contribution in [2.45, 2.75) is 38.6 Å². The maximum Gasteiger partial charge on any atom is 0.0462 e. The normalized spacial score (nSPS) is 29.1. The van der Waals surface area contributed by atoms with Crippen LogP contribution < -0.4 is 11.1 Å². The van der Waals surface area contributed by atoms with Gasteiger partial charge in [-0.1, -0.05) is 6.08 Å². The van der Waals surface area contributed by atoms with E-state index in [1.807, 2.05) is 0 Å². The van der Waals surface area contributed by atoms with Crippen LogP contribution in [0.2, 0.25) is 0 Å². The summed E-state index contributed by atoms with van der Waals surface area (Å²) in [6.07, 6.45) is 6.80. The first-order valence-electron chi connectivity index (χ1n) is 4.70. The highest BCUT2D eigenvalue weighted by molar-refractivity contribution is 5.27. The molecule has 2 heterocycles. The molecule has 0 saturated carbocycles. The van der Waals surface area contributed by atoms with E-state index in [0.29, 0.717) is 6.04 Å². The molecule has 0 aromatic carbocycles. The molecule has 1 unspecified atom stereocenters. The summed E-state index contributed by atoms with van der Waals surface area (Å²) < 4.78 is 0. The van der Waals surface area contributed by atoms with Crippen molar-refractivity contribution in [1.82, 2.24) is 5.32 Å². The van der Waals surface area contributed by atoms with Crippen molar-refractivity contribution in [3.63, 3.8) is 0 Å². The first kappa shape index (κ1) is 7.71. The Morgan fingerprint density at radius 3 is 3.17 bits per heavy atom. The van der Waals surface area contributed by atoms with Crippen LogP contribution in [0.25, 0.3) is 0 Å². The zero-order chi connectivity index (χ0) is 8.55. The molecule has 0 aromatic heterocycles. The number of hydrogen-bond acceptors (Lipinski definition) is 2. The SMILES string of the molecule is CC1NC2=CCC(N)=C1CCC2. The summed E-state index contributed by atoms with van der Waals surface area (Å²) >= 11 is 0. The zero-order valence-corrected chi connectivity index (χ0v) is 7.56. The minimum atomic E-state index is 0.459.